The Kier molecular flexibility index (Phi) is 5.42. The summed E-state index contributed by atoms with van der Waals surface area (Å²) in [5.41, 5.74) is 4.72. The number of carbonyl (C=O) groups excluding carboxylic acids is 1. The van der Waals surface area contributed by atoms with E-state index >= 15 is 0 Å². The highest BCUT2D eigenvalue weighted by atomic mass is 16.1. The predicted octanol–water partition coefficient (Wildman–Crippen LogP) is 3.67. The fourth-order valence-corrected chi connectivity index (χ4v) is 3.44. The topological polar surface area (TPSA) is 61.4 Å². The van der Waals surface area contributed by atoms with Crippen molar-refractivity contribution in [1.29, 1.82) is 0 Å². The van der Waals surface area contributed by atoms with Gasteiger partial charge in [0.05, 0.1) is 0 Å². The Morgan fingerprint density at radius 3 is 2.34 bits per heavy atom. The van der Waals surface area contributed by atoms with E-state index in [0.717, 1.165) is 37.4 Å². The number of para-hydroxylation sites is 1. The van der Waals surface area contributed by atoms with Crippen molar-refractivity contribution < 1.29 is 4.79 Å². The molecule has 2 heterocycles. The third-order valence-corrected chi connectivity index (χ3v) is 5.32. The van der Waals surface area contributed by atoms with E-state index in [4.69, 9.17) is 0 Å². The molecule has 3 aromatic rings. The predicted molar refractivity (Wildman–Crippen MR) is 117 cm³/mol. The largest absolute Gasteiger partial charge is 0.368 e. The fraction of sp³-hybridized carbons (Fsp3) is 0.261. The number of anilines is 3. The quantitative estimate of drug-likeness (QED) is 0.740. The number of hydrogen-bond donors (Lipinski definition) is 1. The molecule has 0 spiro atoms. The zero-order chi connectivity index (χ0) is 20.2. The Hall–Kier alpha value is -3.41. The second-order valence-electron chi connectivity index (χ2n) is 7.30. The minimum atomic E-state index is -0.222. The molecule has 29 heavy (non-hydrogen) atoms. The highest BCUT2D eigenvalue weighted by molar-refractivity contribution is 6.03. The molecule has 2 aromatic carbocycles. The average Bonchev–Trinajstić information content (AvgIpc) is 2.77. The van der Waals surface area contributed by atoms with Gasteiger partial charge in [0.1, 0.15) is 5.69 Å². The molecule has 1 amide bonds. The first-order chi connectivity index (χ1) is 14.1. The molecule has 1 saturated heterocycles. The molecule has 0 aliphatic carbocycles. The highest BCUT2D eigenvalue weighted by Crippen LogP contribution is 2.19. The van der Waals surface area contributed by atoms with Crippen LogP contribution in [0.5, 0.6) is 0 Å². The summed E-state index contributed by atoms with van der Waals surface area (Å²) in [5.74, 6) is 0.380. The Balaban J connectivity index is 1.42. The lowest BCUT2D eigenvalue weighted by Crippen LogP contribution is -2.47. The Labute approximate surface area is 171 Å². The molecule has 1 N–H and O–H groups in total. The van der Waals surface area contributed by atoms with Gasteiger partial charge >= 0.3 is 0 Å². The molecule has 6 nitrogen and oxygen atoms in total. The normalized spacial score (nSPS) is 14.0. The molecule has 0 unspecified atom stereocenters. The zero-order valence-corrected chi connectivity index (χ0v) is 16.8. The fourth-order valence-electron chi connectivity index (χ4n) is 3.44. The highest BCUT2D eigenvalue weighted by Gasteiger charge is 2.20. The molecule has 0 bridgehead atoms. The van der Waals surface area contributed by atoms with E-state index in [0.29, 0.717) is 11.6 Å². The lowest BCUT2D eigenvalue weighted by atomic mass is 10.1. The van der Waals surface area contributed by atoms with Crippen molar-refractivity contribution in [2.75, 3.05) is 41.3 Å². The summed E-state index contributed by atoms with van der Waals surface area (Å²) in [5, 5.41) is 2.93. The summed E-state index contributed by atoms with van der Waals surface area (Å²) in [7, 11) is 0. The van der Waals surface area contributed by atoms with Crippen LogP contribution in [-0.4, -0.2) is 42.1 Å². The second-order valence-corrected chi connectivity index (χ2v) is 7.30. The number of nitrogens with one attached hydrogen (secondary N) is 1. The van der Waals surface area contributed by atoms with Crippen LogP contribution in [0.1, 0.15) is 21.6 Å². The molecule has 1 aromatic heterocycles. The summed E-state index contributed by atoms with van der Waals surface area (Å²) in [6.45, 7) is 7.51. The molecule has 0 radical (unpaired) electrons. The number of carbonyl (C=O) groups is 1. The van der Waals surface area contributed by atoms with Gasteiger partial charge in [-0.05, 0) is 55.3 Å². The van der Waals surface area contributed by atoms with Crippen molar-refractivity contribution in [3.8, 4) is 0 Å². The van der Waals surface area contributed by atoms with Gasteiger partial charge in [0, 0.05) is 43.8 Å². The van der Waals surface area contributed by atoms with Gasteiger partial charge < -0.3 is 15.1 Å². The van der Waals surface area contributed by atoms with Crippen LogP contribution in [0.4, 0.5) is 17.3 Å². The maximum absolute atomic E-state index is 12.7. The van der Waals surface area contributed by atoms with Crippen molar-refractivity contribution in [2.24, 2.45) is 0 Å². The summed E-state index contributed by atoms with van der Waals surface area (Å²) < 4.78 is 0. The van der Waals surface area contributed by atoms with Crippen LogP contribution in [0.3, 0.4) is 0 Å². The standard InChI is InChI=1S/C23H25N5O/c1-17-8-9-19(16-18(17)2)25-22(29)21-10-11-24-23(26-21)28-14-12-27(13-15-28)20-6-4-3-5-7-20/h3-11,16H,12-15H2,1-2H3,(H,25,29). The van der Waals surface area contributed by atoms with Crippen molar-refractivity contribution >= 4 is 23.2 Å². The van der Waals surface area contributed by atoms with Crippen LogP contribution in [0.15, 0.2) is 60.8 Å². The third kappa shape index (κ3) is 4.37. The first kappa shape index (κ1) is 18.9. The van der Waals surface area contributed by atoms with E-state index in [1.807, 2.05) is 31.2 Å². The molecule has 6 heteroatoms. The molecule has 0 atom stereocenters. The summed E-state index contributed by atoms with van der Waals surface area (Å²) >= 11 is 0. The minimum absolute atomic E-state index is 0.222. The van der Waals surface area contributed by atoms with Crippen LogP contribution >= 0.6 is 0 Å². The Morgan fingerprint density at radius 1 is 0.897 bits per heavy atom. The number of aryl methyl sites for hydroxylation is 2. The molecule has 148 valence electrons. The second kappa shape index (κ2) is 8.31. The van der Waals surface area contributed by atoms with E-state index in [1.165, 1.54) is 11.3 Å². The van der Waals surface area contributed by atoms with Gasteiger partial charge in [-0.1, -0.05) is 24.3 Å². The lowest BCUT2D eigenvalue weighted by Gasteiger charge is -2.36. The SMILES string of the molecule is Cc1ccc(NC(=O)c2ccnc(N3CCN(c4ccccc4)CC3)n2)cc1C. The number of piperazine rings is 1. The lowest BCUT2D eigenvalue weighted by molar-refractivity contribution is 0.102. The van der Waals surface area contributed by atoms with Crippen molar-refractivity contribution in [3.63, 3.8) is 0 Å². The van der Waals surface area contributed by atoms with Crippen LogP contribution in [0.25, 0.3) is 0 Å². The molecule has 1 aliphatic heterocycles. The van der Waals surface area contributed by atoms with Gasteiger partial charge in [-0.3, -0.25) is 4.79 Å². The van der Waals surface area contributed by atoms with Gasteiger partial charge in [0.2, 0.25) is 5.95 Å². The van der Waals surface area contributed by atoms with Gasteiger partial charge in [-0.2, -0.15) is 0 Å². The first-order valence-corrected chi connectivity index (χ1v) is 9.87. The van der Waals surface area contributed by atoms with Crippen molar-refractivity contribution in [3.05, 3.63) is 77.6 Å². The van der Waals surface area contributed by atoms with Crippen molar-refractivity contribution in [1.82, 2.24) is 9.97 Å². The van der Waals surface area contributed by atoms with E-state index in [-0.39, 0.29) is 5.91 Å². The zero-order valence-electron chi connectivity index (χ0n) is 16.8. The van der Waals surface area contributed by atoms with E-state index in [9.17, 15) is 4.79 Å². The molecule has 1 fully saturated rings. The summed E-state index contributed by atoms with van der Waals surface area (Å²) in [4.78, 5) is 26.0. The van der Waals surface area contributed by atoms with E-state index in [2.05, 4.69) is 56.3 Å². The minimum Gasteiger partial charge on any atom is -0.368 e. The number of amides is 1. The Morgan fingerprint density at radius 2 is 1.62 bits per heavy atom. The monoisotopic (exact) mass is 387 g/mol. The Bertz CT molecular complexity index is 997. The molecular formula is C23H25N5O. The molecular weight excluding hydrogens is 362 g/mol. The van der Waals surface area contributed by atoms with Gasteiger partial charge in [-0.15, -0.1) is 0 Å². The molecule has 0 saturated carbocycles. The first-order valence-electron chi connectivity index (χ1n) is 9.87. The molecule has 1 aliphatic rings. The maximum atomic E-state index is 12.7. The van der Waals surface area contributed by atoms with E-state index in [1.54, 1.807) is 12.3 Å². The van der Waals surface area contributed by atoms with Gasteiger partial charge in [-0.25, -0.2) is 9.97 Å². The number of hydrogen-bond acceptors (Lipinski definition) is 5. The van der Waals surface area contributed by atoms with Crippen LogP contribution < -0.4 is 15.1 Å². The van der Waals surface area contributed by atoms with Crippen LogP contribution in [-0.2, 0) is 0 Å². The van der Waals surface area contributed by atoms with Crippen LogP contribution in [0.2, 0.25) is 0 Å². The number of aromatic nitrogens is 2. The third-order valence-electron chi connectivity index (χ3n) is 5.32. The van der Waals surface area contributed by atoms with Crippen molar-refractivity contribution in [2.45, 2.75) is 13.8 Å². The summed E-state index contributed by atoms with van der Waals surface area (Å²) in [6, 6.07) is 17.9. The number of benzene rings is 2. The smallest absolute Gasteiger partial charge is 0.274 e. The maximum Gasteiger partial charge on any atom is 0.274 e. The summed E-state index contributed by atoms with van der Waals surface area (Å²) in [6.07, 6.45) is 1.65. The number of nitrogens with zero attached hydrogens (tertiary/aromatic N) is 4. The van der Waals surface area contributed by atoms with E-state index < -0.39 is 0 Å². The van der Waals surface area contributed by atoms with Gasteiger partial charge in [0.15, 0.2) is 0 Å². The average molecular weight is 387 g/mol. The van der Waals surface area contributed by atoms with Crippen LogP contribution in [0, 0.1) is 13.8 Å². The molecule has 4 rings (SSSR count). The number of rotatable bonds is 4. The van der Waals surface area contributed by atoms with Gasteiger partial charge in [0.25, 0.3) is 5.91 Å².